The summed E-state index contributed by atoms with van der Waals surface area (Å²) in [7, 11) is 0. The van der Waals surface area contributed by atoms with Crippen LogP contribution in [0.25, 0.3) is 0 Å². The van der Waals surface area contributed by atoms with Gasteiger partial charge >= 0.3 is 0 Å². The minimum absolute atomic E-state index is 0.0341. The van der Waals surface area contributed by atoms with Gasteiger partial charge in [0, 0.05) is 23.2 Å². The fraction of sp³-hybridized carbons (Fsp3) is 0.500. The first-order chi connectivity index (χ1) is 9.35. The molecule has 1 aromatic carbocycles. The molecule has 20 heavy (non-hydrogen) atoms. The van der Waals surface area contributed by atoms with Gasteiger partial charge in [0.2, 0.25) is 5.91 Å². The van der Waals surface area contributed by atoms with Gasteiger partial charge in [0.15, 0.2) is 0 Å². The summed E-state index contributed by atoms with van der Waals surface area (Å²) in [6, 6.07) is 5.33. The van der Waals surface area contributed by atoms with Crippen molar-refractivity contribution in [1.82, 2.24) is 4.90 Å². The molecule has 0 aliphatic carbocycles. The number of benzene rings is 1. The number of amides is 1. The molecule has 5 nitrogen and oxygen atoms in total. The molecule has 1 fully saturated rings. The van der Waals surface area contributed by atoms with Crippen molar-refractivity contribution in [2.75, 3.05) is 37.3 Å². The molecule has 0 saturated carbocycles. The molecule has 3 N–H and O–H groups in total. The third-order valence-corrected chi connectivity index (χ3v) is 3.80. The van der Waals surface area contributed by atoms with Gasteiger partial charge in [-0.15, -0.1) is 0 Å². The van der Waals surface area contributed by atoms with E-state index in [1.807, 2.05) is 13.8 Å². The van der Waals surface area contributed by atoms with Crippen LogP contribution in [0.4, 0.5) is 11.4 Å². The van der Waals surface area contributed by atoms with Crippen LogP contribution in [0.5, 0.6) is 0 Å². The summed E-state index contributed by atoms with van der Waals surface area (Å²) in [6.45, 7) is 6.62. The van der Waals surface area contributed by atoms with Gasteiger partial charge in [0.1, 0.15) is 0 Å². The minimum atomic E-state index is -0.194. The van der Waals surface area contributed by atoms with Gasteiger partial charge in [0.25, 0.3) is 0 Å². The second kappa shape index (κ2) is 6.11. The Labute approximate surface area is 127 Å². The summed E-state index contributed by atoms with van der Waals surface area (Å²) in [5.74, 6) is -0.0341. The van der Waals surface area contributed by atoms with E-state index in [4.69, 9.17) is 10.5 Å². The molecule has 1 aromatic rings. The lowest BCUT2D eigenvalue weighted by atomic mass is 10.1. The molecule has 1 heterocycles. The van der Waals surface area contributed by atoms with E-state index in [9.17, 15) is 4.79 Å². The topological polar surface area (TPSA) is 67.6 Å². The Hall–Kier alpha value is -1.11. The molecule has 0 bridgehead atoms. The van der Waals surface area contributed by atoms with Gasteiger partial charge in [-0.25, -0.2) is 0 Å². The lowest BCUT2D eigenvalue weighted by Gasteiger charge is -2.37. The second-order valence-electron chi connectivity index (χ2n) is 5.61. The number of nitrogens with two attached hydrogens (primary N) is 1. The van der Waals surface area contributed by atoms with E-state index in [1.54, 1.807) is 18.2 Å². The quantitative estimate of drug-likeness (QED) is 0.826. The van der Waals surface area contributed by atoms with Gasteiger partial charge in [0.05, 0.1) is 24.4 Å². The average molecular weight is 342 g/mol. The summed E-state index contributed by atoms with van der Waals surface area (Å²) < 4.78 is 6.42. The molecule has 110 valence electrons. The maximum Gasteiger partial charge on any atom is 0.238 e. The van der Waals surface area contributed by atoms with Gasteiger partial charge < -0.3 is 15.8 Å². The standard InChI is InChI=1S/C14H20BrN3O2/c1-14(2)9-18(5-6-20-14)8-13(19)17-12-4-3-10(16)7-11(12)15/h3-4,7H,5-6,8-9,16H2,1-2H3,(H,17,19). The number of nitrogen functional groups attached to an aromatic ring is 1. The van der Waals surface area contributed by atoms with Crippen LogP contribution in [0.3, 0.4) is 0 Å². The van der Waals surface area contributed by atoms with E-state index in [0.717, 1.165) is 23.2 Å². The first-order valence-electron chi connectivity index (χ1n) is 6.57. The molecule has 1 aliphatic heterocycles. The van der Waals surface area contributed by atoms with E-state index >= 15 is 0 Å². The minimum Gasteiger partial charge on any atom is -0.399 e. The number of rotatable bonds is 3. The van der Waals surface area contributed by atoms with Crippen LogP contribution in [0.15, 0.2) is 22.7 Å². The predicted molar refractivity (Wildman–Crippen MR) is 83.7 cm³/mol. The van der Waals surface area contributed by atoms with Crippen molar-refractivity contribution in [2.24, 2.45) is 0 Å². The maximum atomic E-state index is 12.1. The fourth-order valence-corrected chi connectivity index (χ4v) is 2.77. The van der Waals surface area contributed by atoms with Crippen LogP contribution >= 0.6 is 15.9 Å². The lowest BCUT2D eigenvalue weighted by Crippen LogP contribution is -2.50. The number of morpholine rings is 1. The number of ether oxygens (including phenoxy) is 1. The molecular formula is C14H20BrN3O2. The van der Waals surface area contributed by atoms with Crippen LogP contribution in [0.1, 0.15) is 13.8 Å². The highest BCUT2D eigenvalue weighted by molar-refractivity contribution is 9.10. The highest BCUT2D eigenvalue weighted by atomic mass is 79.9. The van der Waals surface area contributed by atoms with Gasteiger partial charge in [-0.1, -0.05) is 0 Å². The molecule has 1 amide bonds. The number of halogens is 1. The largest absolute Gasteiger partial charge is 0.399 e. The molecule has 0 unspecified atom stereocenters. The van der Waals surface area contributed by atoms with Crippen molar-refractivity contribution in [3.05, 3.63) is 22.7 Å². The second-order valence-corrected chi connectivity index (χ2v) is 6.46. The highest BCUT2D eigenvalue weighted by Crippen LogP contribution is 2.24. The van der Waals surface area contributed by atoms with E-state index in [0.29, 0.717) is 18.8 Å². The van der Waals surface area contributed by atoms with Crippen LogP contribution in [0.2, 0.25) is 0 Å². The SMILES string of the molecule is CC1(C)CN(CC(=O)Nc2ccc(N)cc2Br)CCO1. The van der Waals surface area contributed by atoms with E-state index in [1.165, 1.54) is 0 Å². The number of nitrogens with one attached hydrogen (secondary N) is 1. The van der Waals surface area contributed by atoms with Crippen LogP contribution in [0, 0.1) is 0 Å². The number of carbonyl (C=O) groups excluding carboxylic acids is 1. The fourth-order valence-electron chi connectivity index (χ4n) is 2.27. The van der Waals surface area contributed by atoms with Crippen molar-refractivity contribution in [3.8, 4) is 0 Å². The Morgan fingerprint density at radius 3 is 2.95 bits per heavy atom. The van der Waals surface area contributed by atoms with Crippen molar-refractivity contribution in [2.45, 2.75) is 19.4 Å². The number of nitrogens with zero attached hydrogens (tertiary/aromatic N) is 1. The molecule has 0 radical (unpaired) electrons. The Balaban J connectivity index is 1.92. The summed E-state index contributed by atoms with van der Waals surface area (Å²) in [5, 5.41) is 2.89. The molecule has 0 aromatic heterocycles. The summed E-state index contributed by atoms with van der Waals surface area (Å²) in [5.41, 5.74) is 6.87. The number of hydrogen-bond donors (Lipinski definition) is 2. The van der Waals surface area contributed by atoms with Crippen molar-refractivity contribution in [3.63, 3.8) is 0 Å². The molecule has 6 heteroatoms. The zero-order valence-corrected chi connectivity index (χ0v) is 13.4. The average Bonchev–Trinajstić information content (AvgIpc) is 2.31. The van der Waals surface area contributed by atoms with Crippen molar-refractivity contribution in [1.29, 1.82) is 0 Å². The first kappa shape index (κ1) is 15.3. The molecular weight excluding hydrogens is 322 g/mol. The Kier molecular flexibility index (Phi) is 4.67. The Bertz CT molecular complexity index is 505. The van der Waals surface area contributed by atoms with Gasteiger partial charge in [-0.05, 0) is 48.0 Å². The zero-order valence-electron chi connectivity index (χ0n) is 11.8. The smallest absolute Gasteiger partial charge is 0.238 e. The third kappa shape index (κ3) is 4.19. The molecule has 2 rings (SSSR count). The molecule has 1 aliphatic rings. The summed E-state index contributed by atoms with van der Waals surface area (Å²) in [6.07, 6.45) is 0. The highest BCUT2D eigenvalue weighted by Gasteiger charge is 2.28. The zero-order chi connectivity index (χ0) is 14.8. The third-order valence-electron chi connectivity index (χ3n) is 3.14. The van der Waals surface area contributed by atoms with Crippen molar-refractivity contribution < 1.29 is 9.53 Å². The molecule has 0 spiro atoms. The van der Waals surface area contributed by atoms with E-state index < -0.39 is 0 Å². The summed E-state index contributed by atoms with van der Waals surface area (Å²) in [4.78, 5) is 14.2. The van der Waals surface area contributed by atoms with E-state index in [-0.39, 0.29) is 11.5 Å². The maximum absolute atomic E-state index is 12.1. The van der Waals surface area contributed by atoms with E-state index in [2.05, 4.69) is 26.1 Å². The Morgan fingerprint density at radius 2 is 2.30 bits per heavy atom. The van der Waals surface area contributed by atoms with Crippen molar-refractivity contribution >= 4 is 33.2 Å². The predicted octanol–water partition coefficient (Wildman–Crippen LogP) is 2.08. The van der Waals surface area contributed by atoms with Crippen LogP contribution in [-0.2, 0) is 9.53 Å². The number of hydrogen-bond acceptors (Lipinski definition) is 4. The van der Waals surface area contributed by atoms with Crippen LogP contribution < -0.4 is 11.1 Å². The normalized spacial score (nSPS) is 18.8. The monoisotopic (exact) mass is 341 g/mol. The lowest BCUT2D eigenvalue weighted by molar-refractivity contribution is -0.122. The number of carbonyl (C=O) groups is 1. The summed E-state index contributed by atoms with van der Waals surface area (Å²) >= 11 is 3.39. The molecule has 0 atom stereocenters. The molecule has 1 saturated heterocycles. The van der Waals surface area contributed by atoms with Gasteiger partial charge in [-0.3, -0.25) is 9.69 Å². The van der Waals surface area contributed by atoms with Gasteiger partial charge in [-0.2, -0.15) is 0 Å². The number of anilines is 2. The van der Waals surface area contributed by atoms with Crippen LogP contribution in [-0.4, -0.2) is 42.6 Å². The Morgan fingerprint density at radius 1 is 1.55 bits per heavy atom. The first-order valence-corrected chi connectivity index (χ1v) is 7.36.